The van der Waals surface area contributed by atoms with Crippen LogP contribution in [0.15, 0.2) is 48.5 Å². The van der Waals surface area contributed by atoms with E-state index in [0.29, 0.717) is 6.54 Å². The summed E-state index contributed by atoms with van der Waals surface area (Å²) >= 11 is 6.46. The molecule has 1 amide bonds. The van der Waals surface area contributed by atoms with Gasteiger partial charge in [0.2, 0.25) is 5.91 Å². The van der Waals surface area contributed by atoms with Gasteiger partial charge in [-0.25, -0.2) is 0 Å². The monoisotopic (exact) mass is 318 g/mol. The molecule has 116 valence electrons. The maximum absolute atomic E-state index is 11.0. The van der Waals surface area contributed by atoms with Crippen molar-refractivity contribution in [2.75, 3.05) is 23.8 Å². The first-order chi connectivity index (χ1) is 10.5. The van der Waals surface area contributed by atoms with Crippen molar-refractivity contribution in [1.82, 2.24) is 0 Å². The number of phenolic OH excluding ortho intramolecular Hbond substituents is 1. The molecule has 0 aromatic heterocycles. The Kier molecular flexibility index (Phi) is 5.28. The van der Waals surface area contributed by atoms with Crippen LogP contribution >= 0.6 is 11.6 Å². The van der Waals surface area contributed by atoms with Gasteiger partial charge in [0.1, 0.15) is 5.75 Å². The summed E-state index contributed by atoms with van der Waals surface area (Å²) in [5, 5.41) is 11.9. The lowest BCUT2D eigenvalue weighted by Gasteiger charge is -2.22. The van der Waals surface area contributed by atoms with E-state index in [4.69, 9.17) is 11.6 Å². The average molecular weight is 319 g/mol. The number of halogens is 1. The van der Waals surface area contributed by atoms with E-state index in [1.54, 1.807) is 12.1 Å². The molecule has 1 atom stereocenters. The molecular weight excluding hydrogens is 300 g/mol. The first-order valence-corrected chi connectivity index (χ1v) is 7.41. The summed E-state index contributed by atoms with van der Waals surface area (Å²) in [5.74, 6) is 0.148. The van der Waals surface area contributed by atoms with Gasteiger partial charge in [-0.15, -0.1) is 11.6 Å². The van der Waals surface area contributed by atoms with Gasteiger partial charge in [0.25, 0.3) is 0 Å². The minimum atomic E-state index is -0.176. The third kappa shape index (κ3) is 4.40. The number of carbonyl (C=O) groups excluding carboxylic acids is 1. The Balaban J connectivity index is 2.00. The number of hydrogen-bond acceptors (Lipinski definition) is 3. The zero-order valence-electron chi connectivity index (χ0n) is 12.6. The molecule has 0 heterocycles. The van der Waals surface area contributed by atoms with Gasteiger partial charge < -0.3 is 15.3 Å². The van der Waals surface area contributed by atoms with Crippen molar-refractivity contribution < 1.29 is 9.90 Å². The van der Waals surface area contributed by atoms with E-state index in [2.05, 4.69) is 5.32 Å². The van der Waals surface area contributed by atoms with Gasteiger partial charge in [0.05, 0.1) is 5.38 Å². The molecule has 2 N–H and O–H groups in total. The number of nitrogens with one attached hydrogen (secondary N) is 1. The van der Waals surface area contributed by atoms with Crippen molar-refractivity contribution >= 4 is 28.9 Å². The topological polar surface area (TPSA) is 52.6 Å². The Hall–Kier alpha value is -2.20. The first-order valence-electron chi connectivity index (χ1n) is 6.97. The van der Waals surface area contributed by atoms with Crippen molar-refractivity contribution in [3.05, 3.63) is 54.1 Å². The van der Waals surface area contributed by atoms with Crippen LogP contribution in [0.1, 0.15) is 17.9 Å². The van der Waals surface area contributed by atoms with Crippen LogP contribution in [0, 0.1) is 0 Å². The smallest absolute Gasteiger partial charge is 0.221 e. The molecule has 22 heavy (non-hydrogen) atoms. The molecule has 0 aliphatic heterocycles. The third-order valence-corrected chi connectivity index (χ3v) is 3.71. The SMILES string of the molecule is CC(=O)Nc1ccc(C(Cl)CN(C)c2ccc(O)cc2)cc1. The summed E-state index contributed by atoms with van der Waals surface area (Å²) in [4.78, 5) is 13.0. The zero-order valence-corrected chi connectivity index (χ0v) is 13.3. The predicted octanol–water partition coefficient (Wildman–Crippen LogP) is 3.77. The largest absolute Gasteiger partial charge is 0.508 e. The minimum Gasteiger partial charge on any atom is -0.508 e. The van der Waals surface area contributed by atoms with E-state index < -0.39 is 0 Å². The predicted molar refractivity (Wildman–Crippen MR) is 90.7 cm³/mol. The fourth-order valence-corrected chi connectivity index (χ4v) is 2.49. The third-order valence-electron chi connectivity index (χ3n) is 3.32. The van der Waals surface area contributed by atoms with Gasteiger partial charge in [0, 0.05) is 31.9 Å². The van der Waals surface area contributed by atoms with E-state index in [1.807, 2.05) is 48.3 Å². The van der Waals surface area contributed by atoms with Crippen LogP contribution < -0.4 is 10.2 Å². The second-order valence-electron chi connectivity index (χ2n) is 5.17. The zero-order chi connectivity index (χ0) is 16.1. The number of amides is 1. The van der Waals surface area contributed by atoms with Crippen LogP contribution in [-0.2, 0) is 4.79 Å². The number of benzene rings is 2. The number of rotatable bonds is 5. The van der Waals surface area contributed by atoms with Crippen molar-refractivity contribution in [2.24, 2.45) is 0 Å². The Labute approximate surface area is 135 Å². The van der Waals surface area contributed by atoms with Crippen LogP contribution in [-0.4, -0.2) is 24.6 Å². The lowest BCUT2D eigenvalue weighted by atomic mass is 10.1. The van der Waals surface area contributed by atoms with Crippen molar-refractivity contribution in [3.8, 4) is 5.75 Å². The summed E-state index contributed by atoms with van der Waals surface area (Å²) in [6, 6.07) is 14.5. The second kappa shape index (κ2) is 7.18. The molecule has 2 aromatic carbocycles. The Morgan fingerprint density at radius 2 is 1.77 bits per heavy atom. The number of anilines is 2. The van der Waals surface area contributed by atoms with E-state index in [9.17, 15) is 9.90 Å². The van der Waals surface area contributed by atoms with Crippen LogP contribution in [0.4, 0.5) is 11.4 Å². The Morgan fingerprint density at radius 1 is 1.18 bits per heavy atom. The molecule has 4 nitrogen and oxygen atoms in total. The van der Waals surface area contributed by atoms with E-state index >= 15 is 0 Å². The highest BCUT2D eigenvalue weighted by Gasteiger charge is 2.12. The van der Waals surface area contributed by atoms with E-state index in [0.717, 1.165) is 16.9 Å². The van der Waals surface area contributed by atoms with Crippen LogP contribution in [0.5, 0.6) is 5.75 Å². The number of likely N-dealkylation sites (N-methyl/N-ethyl adjacent to an activating group) is 1. The molecule has 0 fully saturated rings. The first kappa shape index (κ1) is 16.2. The fourth-order valence-electron chi connectivity index (χ4n) is 2.14. The van der Waals surface area contributed by atoms with Gasteiger partial charge in [-0.05, 0) is 42.0 Å². The maximum Gasteiger partial charge on any atom is 0.221 e. The van der Waals surface area contributed by atoms with Gasteiger partial charge in [-0.1, -0.05) is 12.1 Å². The molecule has 0 bridgehead atoms. The molecule has 0 saturated heterocycles. The Bertz CT molecular complexity index is 626. The quantitative estimate of drug-likeness (QED) is 0.825. The molecule has 0 radical (unpaired) electrons. The van der Waals surface area contributed by atoms with Crippen molar-refractivity contribution in [1.29, 1.82) is 0 Å². The Morgan fingerprint density at radius 3 is 2.32 bits per heavy atom. The molecule has 0 spiro atoms. The van der Waals surface area contributed by atoms with Gasteiger partial charge in [0.15, 0.2) is 0 Å². The summed E-state index contributed by atoms with van der Waals surface area (Å²) in [5.41, 5.74) is 2.73. The molecule has 1 unspecified atom stereocenters. The highest BCUT2D eigenvalue weighted by Crippen LogP contribution is 2.26. The fraction of sp³-hybridized carbons (Fsp3) is 0.235. The summed E-state index contributed by atoms with van der Waals surface area (Å²) < 4.78 is 0. The number of phenols is 1. The van der Waals surface area contributed by atoms with E-state index in [-0.39, 0.29) is 17.0 Å². The maximum atomic E-state index is 11.0. The average Bonchev–Trinajstić information content (AvgIpc) is 2.48. The van der Waals surface area contributed by atoms with Crippen LogP contribution in [0.3, 0.4) is 0 Å². The van der Waals surface area contributed by atoms with Crippen molar-refractivity contribution in [3.63, 3.8) is 0 Å². The van der Waals surface area contributed by atoms with Gasteiger partial charge >= 0.3 is 0 Å². The number of nitrogens with zero attached hydrogens (tertiary/aromatic N) is 1. The summed E-state index contributed by atoms with van der Waals surface area (Å²) in [7, 11) is 1.95. The molecule has 0 saturated carbocycles. The number of hydrogen-bond donors (Lipinski definition) is 2. The highest BCUT2D eigenvalue weighted by molar-refractivity contribution is 6.21. The van der Waals surface area contributed by atoms with Gasteiger partial charge in [-0.2, -0.15) is 0 Å². The van der Waals surface area contributed by atoms with Crippen LogP contribution in [0.25, 0.3) is 0 Å². The van der Waals surface area contributed by atoms with Crippen molar-refractivity contribution in [2.45, 2.75) is 12.3 Å². The number of alkyl halides is 1. The number of carbonyl (C=O) groups is 1. The molecular formula is C17H19ClN2O2. The van der Waals surface area contributed by atoms with E-state index in [1.165, 1.54) is 6.92 Å². The minimum absolute atomic E-state index is 0.0952. The normalized spacial score (nSPS) is 11.8. The number of aromatic hydroxyl groups is 1. The molecule has 0 aliphatic rings. The summed E-state index contributed by atoms with van der Waals surface area (Å²) in [6.07, 6.45) is 0. The molecule has 2 rings (SSSR count). The lowest BCUT2D eigenvalue weighted by molar-refractivity contribution is -0.114. The van der Waals surface area contributed by atoms with Crippen LogP contribution in [0.2, 0.25) is 0 Å². The molecule has 5 heteroatoms. The summed E-state index contributed by atoms with van der Waals surface area (Å²) in [6.45, 7) is 2.11. The molecule has 2 aromatic rings. The highest BCUT2D eigenvalue weighted by atomic mass is 35.5. The molecule has 0 aliphatic carbocycles. The van der Waals surface area contributed by atoms with Gasteiger partial charge in [-0.3, -0.25) is 4.79 Å². The standard InChI is InChI=1S/C17H19ClN2O2/c1-12(21)19-14-5-3-13(4-6-14)17(18)11-20(2)15-7-9-16(22)10-8-15/h3-10,17,22H,11H2,1-2H3,(H,19,21). The lowest BCUT2D eigenvalue weighted by Crippen LogP contribution is -2.21. The second-order valence-corrected chi connectivity index (χ2v) is 5.69.